The molecule has 13 heavy (non-hydrogen) atoms. The third kappa shape index (κ3) is 4.07. The van der Waals surface area contributed by atoms with Crippen molar-refractivity contribution in [2.24, 2.45) is 0 Å². The Hall–Kier alpha value is -0.840. The molecule has 0 saturated heterocycles. The molecule has 1 rings (SSSR count). The van der Waals surface area contributed by atoms with Crippen LogP contribution in [-0.4, -0.2) is 10.6 Å². The van der Waals surface area contributed by atoms with Gasteiger partial charge in [0, 0.05) is 5.75 Å². The minimum absolute atomic E-state index is 0.0136. The second kappa shape index (κ2) is 3.91. The van der Waals surface area contributed by atoms with Crippen LogP contribution < -0.4 is 0 Å². The van der Waals surface area contributed by atoms with Gasteiger partial charge in [-0.1, -0.05) is 12.1 Å². The molecule has 0 saturated carbocycles. The molecule has 0 aliphatic rings. The summed E-state index contributed by atoms with van der Waals surface area (Å²) in [5.41, 5.74) is -3.76. The minimum Gasteiger partial charge on any atom is -0.508 e. The number of halogens is 3. The molecular weight excluding hydrogens is 201 g/mol. The minimum atomic E-state index is -4.22. The molecule has 1 nitrogen and oxygen atoms in total. The number of benzene rings is 1. The molecule has 72 valence electrons. The molecule has 0 radical (unpaired) electrons. The summed E-state index contributed by atoms with van der Waals surface area (Å²) in [5, 5.41) is 8.95. The largest absolute Gasteiger partial charge is 0.508 e. The Morgan fingerprint density at radius 3 is 2.54 bits per heavy atom. The maximum atomic E-state index is 11.7. The van der Waals surface area contributed by atoms with Gasteiger partial charge in [-0.05, 0) is 29.5 Å². The van der Waals surface area contributed by atoms with Crippen molar-refractivity contribution >= 4 is 11.8 Å². The lowest BCUT2D eigenvalue weighted by atomic mass is 10.2. The van der Waals surface area contributed by atoms with Crippen LogP contribution in [0.3, 0.4) is 0 Å². The highest BCUT2D eigenvalue weighted by atomic mass is 32.2. The summed E-state index contributed by atoms with van der Waals surface area (Å²) in [7, 11) is 0. The number of aromatic hydroxyl groups is 1. The van der Waals surface area contributed by atoms with E-state index in [0.29, 0.717) is 5.56 Å². The Kier molecular flexibility index (Phi) is 3.08. The molecule has 5 heteroatoms. The fourth-order valence-corrected chi connectivity index (χ4v) is 1.32. The zero-order valence-electron chi connectivity index (χ0n) is 6.51. The highest BCUT2D eigenvalue weighted by molar-refractivity contribution is 7.99. The summed E-state index contributed by atoms with van der Waals surface area (Å²) in [4.78, 5) is 0. The van der Waals surface area contributed by atoms with Gasteiger partial charge >= 0.3 is 5.51 Å². The quantitative estimate of drug-likeness (QED) is 0.805. The van der Waals surface area contributed by atoms with E-state index in [1.807, 2.05) is 0 Å². The Morgan fingerprint density at radius 2 is 2.00 bits per heavy atom. The van der Waals surface area contributed by atoms with Crippen LogP contribution in [0.2, 0.25) is 0 Å². The zero-order valence-corrected chi connectivity index (χ0v) is 7.32. The lowest BCUT2D eigenvalue weighted by Crippen LogP contribution is -2.00. The van der Waals surface area contributed by atoms with Crippen molar-refractivity contribution in [3.63, 3.8) is 0 Å². The van der Waals surface area contributed by atoms with E-state index in [4.69, 9.17) is 5.11 Å². The molecule has 1 aromatic rings. The predicted molar refractivity (Wildman–Crippen MR) is 45.5 cm³/mol. The van der Waals surface area contributed by atoms with E-state index < -0.39 is 5.51 Å². The van der Waals surface area contributed by atoms with E-state index in [1.54, 1.807) is 6.07 Å². The van der Waals surface area contributed by atoms with Crippen molar-refractivity contribution < 1.29 is 18.3 Å². The average molecular weight is 208 g/mol. The van der Waals surface area contributed by atoms with Crippen molar-refractivity contribution in [2.75, 3.05) is 0 Å². The summed E-state index contributed by atoms with van der Waals surface area (Å²) >= 11 is -0.116. The molecule has 0 aliphatic carbocycles. The SMILES string of the molecule is Oc1cccc(CSC(F)(F)F)c1. The van der Waals surface area contributed by atoms with E-state index in [-0.39, 0.29) is 23.3 Å². The first-order chi connectivity index (χ1) is 5.97. The van der Waals surface area contributed by atoms with Crippen LogP contribution in [0, 0.1) is 0 Å². The van der Waals surface area contributed by atoms with Crippen LogP contribution in [0.25, 0.3) is 0 Å². The molecule has 1 N–H and O–H groups in total. The van der Waals surface area contributed by atoms with Crippen LogP contribution in [0.1, 0.15) is 5.56 Å². The van der Waals surface area contributed by atoms with Gasteiger partial charge in [-0.25, -0.2) is 0 Å². The van der Waals surface area contributed by atoms with Gasteiger partial charge in [0.25, 0.3) is 0 Å². The number of phenols is 1. The van der Waals surface area contributed by atoms with Gasteiger partial charge in [-0.2, -0.15) is 13.2 Å². The fraction of sp³-hybridized carbons (Fsp3) is 0.250. The Bertz CT molecular complexity index is 285. The van der Waals surface area contributed by atoms with Crippen LogP contribution in [-0.2, 0) is 5.75 Å². The molecule has 0 aromatic heterocycles. The van der Waals surface area contributed by atoms with Gasteiger partial charge in [0.05, 0.1) is 0 Å². The van der Waals surface area contributed by atoms with Gasteiger partial charge in [0.2, 0.25) is 0 Å². The molecular formula is C8H7F3OS. The second-order valence-electron chi connectivity index (χ2n) is 2.40. The van der Waals surface area contributed by atoms with E-state index in [0.717, 1.165) is 0 Å². The predicted octanol–water partition coefficient (Wildman–Crippen LogP) is 3.15. The molecule has 0 amide bonds. The maximum Gasteiger partial charge on any atom is 0.442 e. The number of hydrogen-bond acceptors (Lipinski definition) is 2. The monoisotopic (exact) mass is 208 g/mol. The van der Waals surface area contributed by atoms with Gasteiger partial charge < -0.3 is 5.11 Å². The number of rotatable bonds is 2. The standard InChI is InChI=1S/C8H7F3OS/c9-8(10,11)13-5-6-2-1-3-7(12)4-6/h1-4,12H,5H2. The third-order valence-corrected chi connectivity index (χ3v) is 2.12. The Balaban J connectivity index is 2.55. The van der Waals surface area contributed by atoms with Crippen LogP contribution >= 0.6 is 11.8 Å². The van der Waals surface area contributed by atoms with Crippen LogP contribution in [0.15, 0.2) is 24.3 Å². The Labute approximate surface area is 77.6 Å². The first-order valence-electron chi connectivity index (χ1n) is 3.46. The first-order valence-corrected chi connectivity index (χ1v) is 4.44. The number of hydrogen-bond donors (Lipinski definition) is 1. The van der Waals surface area contributed by atoms with Crippen LogP contribution in [0.4, 0.5) is 13.2 Å². The maximum absolute atomic E-state index is 11.7. The van der Waals surface area contributed by atoms with Crippen molar-refractivity contribution in [1.82, 2.24) is 0 Å². The van der Waals surface area contributed by atoms with Crippen molar-refractivity contribution in [3.8, 4) is 5.75 Å². The summed E-state index contributed by atoms with van der Waals surface area (Å²) < 4.78 is 35.2. The molecule has 0 fully saturated rings. The zero-order chi connectivity index (χ0) is 9.90. The lowest BCUT2D eigenvalue weighted by molar-refractivity contribution is -0.0329. The van der Waals surface area contributed by atoms with Crippen molar-refractivity contribution in [3.05, 3.63) is 29.8 Å². The molecule has 0 heterocycles. The summed E-state index contributed by atoms with van der Waals surface area (Å²) in [5.74, 6) is -0.182. The number of thioether (sulfide) groups is 1. The first kappa shape index (κ1) is 10.2. The van der Waals surface area contributed by atoms with Gasteiger partial charge in [0.15, 0.2) is 0 Å². The molecule has 0 atom stereocenters. The average Bonchev–Trinajstić information content (AvgIpc) is 2.00. The van der Waals surface area contributed by atoms with Crippen LogP contribution in [0.5, 0.6) is 5.75 Å². The normalized spacial score (nSPS) is 11.6. The number of alkyl halides is 3. The summed E-state index contributed by atoms with van der Waals surface area (Å²) in [6.45, 7) is 0. The molecule has 0 unspecified atom stereocenters. The van der Waals surface area contributed by atoms with E-state index in [2.05, 4.69) is 0 Å². The molecule has 0 bridgehead atoms. The topological polar surface area (TPSA) is 20.2 Å². The third-order valence-electron chi connectivity index (χ3n) is 1.31. The summed E-state index contributed by atoms with van der Waals surface area (Å²) in [6, 6.07) is 5.79. The van der Waals surface area contributed by atoms with Crippen molar-refractivity contribution in [2.45, 2.75) is 11.3 Å². The van der Waals surface area contributed by atoms with E-state index in [9.17, 15) is 13.2 Å². The van der Waals surface area contributed by atoms with Gasteiger partial charge in [0.1, 0.15) is 5.75 Å². The van der Waals surface area contributed by atoms with Gasteiger partial charge in [-0.15, -0.1) is 0 Å². The Morgan fingerprint density at radius 1 is 1.31 bits per heavy atom. The van der Waals surface area contributed by atoms with E-state index in [1.165, 1.54) is 18.2 Å². The molecule has 0 spiro atoms. The smallest absolute Gasteiger partial charge is 0.442 e. The molecule has 0 aliphatic heterocycles. The van der Waals surface area contributed by atoms with Crippen molar-refractivity contribution in [1.29, 1.82) is 0 Å². The number of phenolic OH excluding ortho intramolecular Hbond substituents is 1. The second-order valence-corrected chi connectivity index (χ2v) is 3.44. The lowest BCUT2D eigenvalue weighted by Gasteiger charge is -2.05. The molecule has 1 aromatic carbocycles. The van der Waals surface area contributed by atoms with E-state index >= 15 is 0 Å². The van der Waals surface area contributed by atoms with Gasteiger partial charge in [-0.3, -0.25) is 0 Å². The highest BCUT2D eigenvalue weighted by Crippen LogP contribution is 2.33. The highest BCUT2D eigenvalue weighted by Gasteiger charge is 2.27. The fourth-order valence-electron chi connectivity index (χ4n) is 0.811. The summed E-state index contributed by atoms with van der Waals surface area (Å²) in [6.07, 6.45) is 0.